The topological polar surface area (TPSA) is 72.2 Å². The van der Waals surface area contributed by atoms with Crippen LogP contribution < -0.4 is 11.1 Å². The zero-order valence-electron chi connectivity index (χ0n) is 9.87. The van der Waals surface area contributed by atoms with Crippen molar-refractivity contribution >= 4 is 44.8 Å². The van der Waals surface area contributed by atoms with E-state index >= 15 is 0 Å². The van der Waals surface area contributed by atoms with Crippen LogP contribution in [0.25, 0.3) is 0 Å². The van der Waals surface area contributed by atoms with Crippen LogP contribution in [0.2, 0.25) is 0 Å². The summed E-state index contributed by atoms with van der Waals surface area (Å²) in [5.41, 5.74) is 5.80. The van der Waals surface area contributed by atoms with Gasteiger partial charge in [-0.3, -0.25) is 9.59 Å². The fourth-order valence-electron chi connectivity index (χ4n) is 2.22. The minimum Gasteiger partial charge on any atom is -0.365 e. The molecule has 0 unspecified atom stereocenters. The van der Waals surface area contributed by atoms with Crippen LogP contribution in [-0.4, -0.2) is 11.8 Å². The maximum Gasteiger partial charge on any atom is 0.260 e. The molecule has 2 amide bonds. The molecule has 3 N–H and O–H groups in total. The summed E-state index contributed by atoms with van der Waals surface area (Å²) in [6.07, 6.45) is 5.27. The summed E-state index contributed by atoms with van der Waals surface area (Å²) in [4.78, 5) is 23.8. The molecule has 1 heterocycles. The highest BCUT2D eigenvalue weighted by atomic mass is 79.9. The van der Waals surface area contributed by atoms with Gasteiger partial charge in [0.15, 0.2) is 0 Å². The van der Waals surface area contributed by atoms with Gasteiger partial charge in [-0.1, -0.05) is 19.3 Å². The van der Waals surface area contributed by atoms with Crippen molar-refractivity contribution in [1.82, 2.24) is 0 Å². The Balaban J connectivity index is 2.10. The van der Waals surface area contributed by atoms with E-state index in [1.165, 1.54) is 17.8 Å². The Bertz CT molecular complexity index is 467. The molecule has 1 saturated carbocycles. The zero-order chi connectivity index (χ0) is 13.1. The van der Waals surface area contributed by atoms with Gasteiger partial charge in [0, 0.05) is 11.3 Å². The smallest absolute Gasteiger partial charge is 0.260 e. The number of rotatable bonds is 3. The monoisotopic (exact) mass is 330 g/mol. The van der Waals surface area contributed by atoms with Crippen molar-refractivity contribution in [3.63, 3.8) is 0 Å². The second-order valence-electron chi connectivity index (χ2n) is 4.48. The number of nitrogens with one attached hydrogen (secondary N) is 1. The summed E-state index contributed by atoms with van der Waals surface area (Å²) >= 11 is 4.56. The minimum absolute atomic E-state index is 0.00343. The summed E-state index contributed by atoms with van der Waals surface area (Å²) in [6.45, 7) is 0. The van der Waals surface area contributed by atoms with Crippen molar-refractivity contribution < 1.29 is 9.59 Å². The molecule has 98 valence electrons. The summed E-state index contributed by atoms with van der Waals surface area (Å²) in [7, 11) is 0. The average molecular weight is 331 g/mol. The first-order chi connectivity index (χ1) is 8.59. The average Bonchev–Trinajstić information content (AvgIpc) is 2.72. The van der Waals surface area contributed by atoms with Gasteiger partial charge >= 0.3 is 0 Å². The highest BCUT2D eigenvalue weighted by molar-refractivity contribution is 9.10. The number of halogens is 1. The fraction of sp³-hybridized carbons (Fsp3) is 0.500. The van der Waals surface area contributed by atoms with Crippen molar-refractivity contribution in [2.75, 3.05) is 5.32 Å². The molecule has 0 atom stereocenters. The van der Waals surface area contributed by atoms with E-state index in [0.717, 1.165) is 25.7 Å². The van der Waals surface area contributed by atoms with Gasteiger partial charge in [0.05, 0.1) is 10.2 Å². The summed E-state index contributed by atoms with van der Waals surface area (Å²) in [5.74, 6) is -0.452. The van der Waals surface area contributed by atoms with Crippen LogP contribution in [0, 0.1) is 5.92 Å². The summed E-state index contributed by atoms with van der Waals surface area (Å²) in [5, 5.41) is 4.59. The molecule has 1 aromatic rings. The predicted octanol–water partition coefficient (Wildman–Crippen LogP) is 3.13. The van der Waals surface area contributed by atoms with Crippen LogP contribution in [0.5, 0.6) is 0 Å². The van der Waals surface area contributed by atoms with Gasteiger partial charge < -0.3 is 11.1 Å². The van der Waals surface area contributed by atoms with Gasteiger partial charge in [-0.25, -0.2) is 0 Å². The lowest BCUT2D eigenvalue weighted by Gasteiger charge is -2.20. The Morgan fingerprint density at radius 2 is 2.00 bits per heavy atom. The Morgan fingerprint density at radius 3 is 2.61 bits per heavy atom. The van der Waals surface area contributed by atoms with Gasteiger partial charge in [-0.2, -0.15) is 0 Å². The Kier molecular flexibility index (Phi) is 4.40. The number of hydrogen-bond acceptors (Lipinski definition) is 3. The molecule has 1 aliphatic carbocycles. The Labute approximate surface area is 118 Å². The van der Waals surface area contributed by atoms with Gasteiger partial charge in [0.25, 0.3) is 5.91 Å². The first-order valence-corrected chi connectivity index (χ1v) is 7.64. The van der Waals surface area contributed by atoms with E-state index in [4.69, 9.17) is 5.73 Å². The third kappa shape index (κ3) is 2.92. The first-order valence-electron chi connectivity index (χ1n) is 5.97. The maximum absolute atomic E-state index is 12.1. The lowest BCUT2D eigenvalue weighted by molar-refractivity contribution is -0.120. The van der Waals surface area contributed by atoms with Gasteiger partial charge in [-0.05, 0) is 28.8 Å². The largest absolute Gasteiger partial charge is 0.365 e. The molecule has 1 fully saturated rings. The Morgan fingerprint density at radius 1 is 1.33 bits per heavy atom. The number of primary amides is 1. The van der Waals surface area contributed by atoms with Crippen molar-refractivity contribution in [2.45, 2.75) is 32.1 Å². The van der Waals surface area contributed by atoms with Crippen LogP contribution in [0.15, 0.2) is 9.85 Å². The SMILES string of the molecule is NC(=O)c1scc(Br)c1NC(=O)C1CCCCC1. The molecule has 0 bridgehead atoms. The highest BCUT2D eigenvalue weighted by Gasteiger charge is 2.24. The zero-order valence-corrected chi connectivity index (χ0v) is 12.3. The van der Waals surface area contributed by atoms with E-state index in [1.807, 2.05) is 0 Å². The molecule has 1 aliphatic rings. The number of carbonyl (C=O) groups excluding carboxylic acids is 2. The van der Waals surface area contributed by atoms with E-state index in [-0.39, 0.29) is 11.8 Å². The molecule has 6 heteroatoms. The predicted molar refractivity (Wildman–Crippen MR) is 75.7 cm³/mol. The second-order valence-corrected chi connectivity index (χ2v) is 6.21. The van der Waals surface area contributed by atoms with E-state index in [9.17, 15) is 9.59 Å². The Hall–Kier alpha value is -0.880. The van der Waals surface area contributed by atoms with Gasteiger partial charge in [0.2, 0.25) is 5.91 Å². The number of nitrogens with two attached hydrogens (primary N) is 1. The third-order valence-corrected chi connectivity index (χ3v) is 5.12. The van der Waals surface area contributed by atoms with E-state index in [1.54, 1.807) is 5.38 Å². The van der Waals surface area contributed by atoms with Crippen LogP contribution >= 0.6 is 27.3 Å². The van der Waals surface area contributed by atoms with Crippen molar-refractivity contribution in [2.24, 2.45) is 11.7 Å². The molecule has 4 nitrogen and oxygen atoms in total. The van der Waals surface area contributed by atoms with Crippen molar-refractivity contribution in [1.29, 1.82) is 0 Å². The molecule has 0 aliphatic heterocycles. The van der Waals surface area contributed by atoms with Crippen LogP contribution in [0.1, 0.15) is 41.8 Å². The maximum atomic E-state index is 12.1. The van der Waals surface area contributed by atoms with E-state index in [0.29, 0.717) is 15.0 Å². The standard InChI is InChI=1S/C12H15BrN2O2S/c13-8-6-18-10(11(14)16)9(8)15-12(17)7-4-2-1-3-5-7/h6-7H,1-5H2,(H2,14,16)(H,15,17). The van der Waals surface area contributed by atoms with Crippen LogP contribution in [0.3, 0.4) is 0 Å². The first kappa shape index (κ1) is 13.5. The number of thiophene rings is 1. The van der Waals surface area contributed by atoms with E-state index < -0.39 is 5.91 Å². The molecule has 0 radical (unpaired) electrons. The summed E-state index contributed by atoms with van der Waals surface area (Å²) < 4.78 is 0.713. The minimum atomic E-state index is -0.510. The van der Waals surface area contributed by atoms with Gasteiger partial charge in [-0.15, -0.1) is 11.3 Å². The number of carbonyl (C=O) groups is 2. The molecule has 18 heavy (non-hydrogen) atoms. The molecule has 2 rings (SSSR count). The lowest BCUT2D eigenvalue weighted by atomic mass is 9.88. The molecule has 1 aromatic heterocycles. The number of anilines is 1. The molecular weight excluding hydrogens is 316 g/mol. The van der Waals surface area contributed by atoms with E-state index in [2.05, 4.69) is 21.2 Å². The molecule has 0 aromatic carbocycles. The van der Waals surface area contributed by atoms with Gasteiger partial charge in [0.1, 0.15) is 4.88 Å². The second kappa shape index (κ2) is 5.84. The quantitative estimate of drug-likeness (QED) is 0.893. The van der Waals surface area contributed by atoms with Crippen LogP contribution in [-0.2, 0) is 4.79 Å². The highest BCUT2D eigenvalue weighted by Crippen LogP contribution is 2.34. The third-order valence-electron chi connectivity index (χ3n) is 3.19. The summed E-state index contributed by atoms with van der Waals surface area (Å²) in [6, 6.07) is 0. The van der Waals surface area contributed by atoms with Crippen LogP contribution in [0.4, 0.5) is 5.69 Å². The fourth-order valence-corrected chi connectivity index (χ4v) is 3.67. The molecular formula is C12H15BrN2O2S. The number of hydrogen-bond donors (Lipinski definition) is 2. The van der Waals surface area contributed by atoms with Crippen molar-refractivity contribution in [3.8, 4) is 0 Å². The molecule has 0 spiro atoms. The van der Waals surface area contributed by atoms with Crippen molar-refractivity contribution in [3.05, 3.63) is 14.7 Å². The number of amides is 2. The normalized spacial score (nSPS) is 16.5. The molecule has 0 saturated heterocycles. The lowest BCUT2D eigenvalue weighted by Crippen LogP contribution is -2.25.